The van der Waals surface area contributed by atoms with Crippen LogP contribution < -0.4 is 40.5 Å². The van der Waals surface area contributed by atoms with Gasteiger partial charge in [0, 0.05) is 33.6 Å². The van der Waals surface area contributed by atoms with Crippen LogP contribution in [0, 0.1) is 0 Å². The number of hydrogen-bond acceptors (Lipinski definition) is 8. The van der Waals surface area contributed by atoms with E-state index in [1.807, 2.05) is 185 Å². The highest BCUT2D eigenvalue weighted by molar-refractivity contribution is 6.27. The largest absolute Gasteiger partial charge is 0.867 e. The van der Waals surface area contributed by atoms with E-state index in [0.717, 1.165) is 56.0 Å². The van der Waals surface area contributed by atoms with Crippen LogP contribution in [0.2, 0.25) is 0 Å². The number of ether oxygens (including phenoxy) is 4. The molecule has 2 heterocycles. The third kappa shape index (κ3) is 14.9. The third-order valence-electron chi connectivity index (χ3n) is 10.3. The molecule has 0 radical (unpaired) electrons. The highest BCUT2D eigenvalue weighted by atomic mass is 19.1. The van der Waals surface area contributed by atoms with Crippen molar-refractivity contribution in [2.24, 2.45) is 11.5 Å². The molecule has 0 saturated heterocycles. The number of rotatable bonds is 16. The molecule has 70 heavy (non-hydrogen) atoms. The second-order valence-electron chi connectivity index (χ2n) is 15.2. The molecule has 2 aromatic heterocycles. The zero-order chi connectivity index (χ0) is 49.7. The van der Waals surface area contributed by atoms with E-state index in [9.17, 15) is 4.32 Å². The van der Waals surface area contributed by atoms with Crippen molar-refractivity contribution in [3.63, 3.8) is 0 Å². The highest BCUT2D eigenvalue weighted by Gasteiger charge is 2.21. The maximum absolute atomic E-state index is 9.89. The topological polar surface area (TPSA) is 158 Å². The van der Waals surface area contributed by atoms with Crippen molar-refractivity contribution < 1.29 is 42.1 Å². The van der Waals surface area contributed by atoms with Crippen LogP contribution >= 0.6 is 0 Å². The van der Waals surface area contributed by atoms with Crippen molar-refractivity contribution in [3.05, 3.63) is 205 Å². The fraction of sp³-hybridized carbons (Fsp3) is 0.138. The molecule has 0 amide bonds. The van der Waals surface area contributed by atoms with Gasteiger partial charge in [-0.2, -0.15) is 0 Å². The quantitative estimate of drug-likeness (QED) is 0.0706. The molecule has 0 atom stereocenters. The van der Waals surface area contributed by atoms with E-state index in [2.05, 4.69) is 36.4 Å². The van der Waals surface area contributed by atoms with Gasteiger partial charge in [0.15, 0.2) is 23.0 Å². The Morgan fingerprint density at radius 1 is 0.429 bits per heavy atom. The lowest BCUT2D eigenvalue weighted by molar-refractivity contribution is -0.366. The van der Waals surface area contributed by atoms with Crippen molar-refractivity contribution in [2.75, 3.05) is 26.4 Å². The average molecular weight is 939 g/mol. The lowest BCUT2D eigenvalue weighted by atomic mass is 10.0. The summed E-state index contributed by atoms with van der Waals surface area (Å²) in [6, 6.07) is 60.1. The molecule has 0 unspecified atom stereocenters. The average Bonchev–Trinajstić information content (AvgIpc) is 3.38. The van der Waals surface area contributed by atoms with Gasteiger partial charge in [0.2, 0.25) is 0 Å². The van der Waals surface area contributed by atoms with Crippen molar-refractivity contribution in [1.29, 1.82) is 0 Å². The maximum Gasteiger partial charge on any atom is 0.361 e. The molecule has 6 aromatic carbocycles. The van der Waals surface area contributed by atoms with Gasteiger partial charge in [-0.1, -0.05) is 97.1 Å². The molecule has 0 aliphatic carbocycles. The lowest BCUT2D eigenvalue weighted by Crippen LogP contribution is -2.39. The van der Waals surface area contributed by atoms with E-state index in [0.29, 0.717) is 72.3 Å². The van der Waals surface area contributed by atoms with Crippen LogP contribution in [0.1, 0.15) is 50.3 Å². The smallest absolute Gasteiger partial charge is 0.361 e. The Hall–Kier alpha value is -8.19. The van der Waals surface area contributed by atoms with E-state index < -0.39 is 7.40 Å². The normalized spacial score (nSPS) is 11.0. The van der Waals surface area contributed by atoms with Gasteiger partial charge in [-0.3, -0.25) is 0 Å². The predicted molar refractivity (Wildman–Crippen MR) is 277 cm³/mol. The van der Waals surface area contributed by atoms with Crippen LogP contribution in [0.5, 0.6) is 23.0 Å². The van der Waals surface area contributed by atoms with Gasteiger partial charge in [-0.15, -0.1) is 0 Å². The zero-order valence-electron chi connectivity index (χ0n) is 39.7. The summed E-state index contributed by atoms with van der Waals surface area (Å²) in [5.41, 5.74) is 22.2. The molecule has 8 aromatic rings. The Labute approximate surface area is 409 Å². The minimum absolute atomic E-state index is 0.544. The van der Waals surface area contributed by atoms with Crippen LogP contribution in [0.15, 0.2) is 191 Å². The first kappa shape index (κ1) is 51.2. The van der Waals surface area contributed by atoms with Gasteiger partial charge < -0.3 is 44.8 Å². The van der Waals surface area contributed by atoms with Crippen LogP contribution in [0.4, 0.5) is 4.32 Å². The molecule has 4 N–H and O–H groups in total. The summed E-state index contributed by atoms with van der Waals surface area (Å²) in [5.74, 6) is 5.65. The molecule has 0 aliphatic heterocycles. The SMILES string of the molecule is CCOc1ccc(/C(N)=C/c2cc(-c3ccccc3)cc(-c3ccccc3)[o+]2)cc1OCC.CCOc1ccc(/C(N)=C/c2cc(-c3ccccc3)cc(-c3ccccc3)[o+]2)cc1OCC.[O-]B([O-])F. The molecule has 0 saturated carbocycles. The first-order chi connectivity index (χ1) is 34.1. The van der Waals surface area contributed by atoms with E-state index in [1.54, 1.807) is 0 Å². The van der Waals surface area contributed by atoms with Gasteiger partial charge in [0.1, 0.15) is 7.40 Å². The molecule has 0 spiro atoms. The van der Waals surface area contributed by atoms with E-state index in [4.69, 9.17) is 49.3 Å². The first-order valence-corrected chi connectivity index (χ1v) is 23.0. The standard InChI is InChI=1S/2C29H28NO3.BFO2/c2*1-3-31-27-16-15-23(18-29(27)32-4-2)26(30)20-25-17-24(21-11-7-5-8-12-21)19-28(33-25)22-13-9-6-10-14-22;2-1(3)4/h2*5-20H,3-4,30H2,1-2H3;/q2*+1;-2/b2*26-20-;. The van der Waals surface area contributed by atoms with Crippen LogP contribution in [0.25, 0.3) is 68.4 Å². The highest BCUT2D eigenvalue weighted by Crippen LogP contribution is 2.35. The summed E-state index contributed by atoms with van der Waals surface area (Å²) >= 11 is 0. The number of halogens is 1. The Morgan fingerprint density at radius 3 is 1.04 bits per heavy atom. The summed E-state index contributed by atoms with van der Waals surface area (Å²) in [7, 11) is -3.17. The summed E-state index contributed by atoms with van der Waals surface area (Å²) in [4.78, 5) is 0. The van der Waals surface area contributed by atoms with Crippen LogP contribution in [0.3, 0.4) is 0 Å². The monoisotopic (exact) mass is 938 g/mol. The van der Waals surface area contributed by atoms with Gasteiger partial charge in [0.25, 0.3) is 0 Å². The molecule has 10 nitrogen and oxygen atoms in total. The lowest BCUT2D eigenvalue weighted by Gasteiger charge is -2.12. The van der Waals surface area contributed by atoms with Crippen LogP contribution in [-0.4, -0.2) is 33.8 Å². The van der Waals surface area contributed by atoms with Gasteiger partial charge in [0.05, 0.1) is 74.0 Å². The molecular formula is C58H56BFN2O8. The van der Waals surface area contributed by atoms with E-state index in [1.165, 1.54) is 0 Å². The summed E-state index contributed by atoms with van der Waals surface area (Å²) in [6.07, 6.45) is 3.70. The summed E-state index contributed by atoms with van der Waals surface area (Å²) in [5, 5.41) is 16.6. The summed E-state index contributed by atoms with van der Waals surface area (Å²) in [6.45, 7) is 10.0. The fourth-order valence-corrected chi connectivity index (χ4v) is 7.20. The van der Waals surface area contributed by atoms with Gasteiger partial charge in [-0.25, -0.2) is 8.83 Å². The Bertz CT molecular complexity index is 2620. The van der Waals surface area contributed by atoms with E-state index in [-0.39, 0.29) is 0 Å². The molecule has 0 fully saturated rings. The predicted octanol–water partition coefficient (Wildman–Crippen LogP) is 12.0. The van der Waals surface area contributed by atoms with Crippen molar-refractivity contribution in [3.8, 4) is 67.9 Å². The second kappa shape index (κ2) is 26.4. The molecular weight excluding hydrogens is 882 g/mol. The van der Waals surface area contributed by atoms with E-state index >= 15 is 0 Å². The molecule has 356 valence electrons. The number of nitrogens with two attached hydrogens (primary N) is 2. The molecule has 0 aliphatic rings. The Morgan fingerprint density at radius 2 is 0.729 bits per heavy atom. The second-order valence-corrected chi connectivity index (χ2v) is 15.2. The zero-order valence-corrected chi connectivity index (χ0v) is 39.7. The first-order valence-electron chi connectivity index (χ1n) is 23.0. The summed E-state index contributed by atoms with van der Waals surface area (Å²) < 4.78 is 45.2. The van der Waals surface area contributed by atoms with Gasteiger partial charge in [-0.05, 0) is 99.5 Å². The van der Waals surface area contributed by atoms with Crippen molar-refractivity contribution >= 4 is 30.9 Å². The number of benzene rings is 6. The van der Waals surface area contributed by atoms with Crippen molar-refractivity contribution in [1.82, 2.24) is 0 Å². The molecule has 8 rings (SSSR count). The molecule has 12 heteroatoms. The van der Waals surface area contributed by atoms with Crippen molar-refractivity contribution in [2.45, 2.75) is 27.7 Å². The fourth-order valence-electron chi connectivity index (χ4n) is 7.20. The Kier molecular flexibility index (Phi) is 19.3. The Balaban J connectivity index is 0.000000213. The molecule has 0 bridgehead atoms. The number of hydrogen-bond donors (Lipinski definition) is 2. The van der Waals surface area contributed by atoms with Gasteiger partial charge >= 0.3 is 23.0 Å². The third-order valence-corrected chi connectivity index (χ3v) is 10.3. The minimum atomic E-state index is -3.17. The maximum atomic E-state index is 9.89. The minimum Gasteiger partial charge on any atom is -0.867 e. The van der Waals surface area contributed by atoms with Crippen LogP contribution in [-0.2, 0) is 0 Å².